The highest BCUT2D eigenvalue weighted by Gasteiger charge is 2.30. The van der Waals surface area contributed by atoms with Gasteiger partial charge < -0.3 is 25.4 Å². The molecule has 1 aliphatic rings. The van der Waals surface area contributed by atoms with Crippen LogP contribution in [0.5, 0.6) is 0 Å². The van der Waals surface area contributed by atoms with Crippen LogP contribution >= 0.6 is 11.6 Å². The largest absolute Gasteiger partial charge is 0.463 e. The Balaban J connectivity index is 1.94. The molecule has 9 nitrogen and oxygen atoms in total. The van der Waals surface area contributed by atoms with Crippen molar-refractivity contribution in [1.82, 2.24) is 16.0 Å². The molecule has 10 heteroatoms. The Kier molecular flexibility index (Phi) is 7.39. The van der Waals surface area contributed by atoms with E-state index in [0.717, 1.165) is 0 Å². The molecule has 0 aliphatic carbocycles. The van der Waals surface area contributed by atoms with Crippen LogP contribution in [0, 0.1) is 0 Å². The first-order valence-electron chi connectivity index (χ1n) is 8.48. The van der Waals surface area contributed by atoms with E-state index in [1.165, 1.54) is 12.1 Å². The highest BCUT2D eigenvalue weighted by atomic mass is 35.5. The van der Waals surface area contributed by atoms with Gasteiger partial charge in [0.1, 0.15) is 13.2 Å². The van der Waals surface area contributed by atoms with E-state index in [1.807, 2.05) is 0 Å². The molecule has 0 bridgehead atoms. The average Bonchev–Trinajstić information content (AvgIpc) is 2.64. The number of hydrogen-bond acceptors (Lipinski definition) is 6. The maximum absolute atomic E-state index is 12.1. The van der Waals surface area contributed by atoms with Crippen molar-refractivity contribution in [3.8, 4) is 0 Å². The normalized spacial score (nSPS) is 16.0. The number of ether oxygens (including phenoxy) is 2. The number of carbonyl (C=O) groups is 4. The summed E-state index contributed by atoms with van der Waals surface area (Å²) in [4.78, 5) is 47.6. The number of esters is 2. The summed E-state index contributed by atoms with van der Waals surface area (Å²) < 4.78 is 10.0. The van der Waals surface area contributed by atoms with E-state index in [0.29, 0.717) is 10.6 Å². The Morgan fingerprint density at radius 3 is 2.50 bits per heavy atom. The van der Waals surface area contributed by atoms with Crippen LogP contribution in [0.4, 0.5) is 4.79 Å². The number of carbonyl (C=O) groups excluding carboxylic acids is 4. The van der Waals surface area contributed by atoms with Crippen molar-refractivity contribution >= 4 is 35.5 Å². The minimum absolute atomic E-state index is 0.132. The third-order valence-corrected chi connectivity index (χ3v) is 3.99. The van der Waals surface area contributed by atoms with Crippen molar-refractivity contribution in [3.63, 3.8) is 0 Å². The van der Waals surface area contributed by atoms with Crippen molar-refractivity contribution in [2.45, 2.75) is 19.9 Å². The summed E-state index contributed by atoms with van der Waals surface area (Å²) in [5, 5.41) is 7.87. The molecule has 3 amide bonds. The standard InChI is InChI=1S/C18H20ClN3O6/c1-3-27-17(25)15-10(2)21-18(26)22-13(15)9-28-14(23)8-20-16(24)11-4-6-12(19)7-5-11/h4-7,10H,3,8-9H2,1-2H3,(H,20,24)(H2,21,22,26)/t10-/m1/s1. The minimum Gasteiger partial charge on any atom is -0.463 e. The van der Waals surface area contributed by atoms with Crippen molar-refractivity contribution < 1.29 is 28.7 Å². The summed E-state index contributed by atoms with van der Waals surface area (Å²) in [5.41, 5.74) is 0.635. The van der Waals surface area contributed by atoms with Gasteiger partial charge in [0.15, 0.2) is 0 Å². The van der Waals surface area contributed by atoms with E-state index >= 15 is 0 Å². The van der Waals surface area contributed by atoms with Crippen LogP contribution in [0.2, 0.25) is 5.02 Å². The smallest absolute Gasteiger partial charge is 0.338 e. The van der Waals surface area contributed by atoms with Gasteiger partial charge in [0.2, 0.25) is 0 Å². The van der Waals surface area contributed by atoms with Crippen LogP contribution in [-0.2, 0) is 19.1 Å². The number of nitrogens with one attached hydrogen (secondary N) is 3. The van der Waals surface area contributed by atoms with Crippen molar-refractivity contribution in [2.75, 3.05) is 19.8 Å². The van der Waals surface area contributed by atoms with Gasteiger partial charge in [-0.25, -0.2) is 9.59 Å². The van der Waals surface area contributed by atoms with Gasteiger partial charge in [0.25, 0.3) is 5.91 Å². The lowest BCUT2D eigenvalue weighted by atomic mass is 10.0. The molecule has 3 N–H and O–H groups in total. The Hall–Kier alpha value is -3.07. The second-order valence-electron chi connectivity index (χ2n) is 5.78. The summed E-state index contributed by atoms with van der Waals surface area (Å²) >= 11 is 5.76. The first kappa shape index (κ1) is 21.2. The molecule has 1 atom stereocenters. The molecule has 1 aliphatic heterocycles. The molecule has 0 spiro atoms. The van der Waals surface area contributed by atoms with Gasteiger partial charge >= 0.3 is 18.0 Å². The second-order valence-corrected chi connectivity index (χ2v) is 6.22. The van der Waals surface area contributed by atoms with Gasteiger partial charge in [0.05, 0.1) is 23.9 Å². The number of benzene rings is 1. The van der Waals surface area contributed by atoms with E-state index in [9.17, 15) is 19.2 Å². The lowest BCUT2D eigenvalue weighted by molar-refractivity contribution is -0.142. The number of amides is 3. The molecule has 150 valence electrons. The Morgan fingerprint density at radius 2 is 1.86 bits per heavy atom. The third-order valence-electron chi connectivity index (χ3n) is 3.74. The van der Waals surface area contributed by atoms with Gasteiger partial charge in [-0.05, 0) is 38.1 Å². The van der Waals surface area contributed by atoms with Gasteiger partial charge in [-0.2, -0.15) is 0 Å². The number of halogens is 1. The van der Waals surface area contributed by atoms with Crippen LogP contribution < -0.4 is 16.0 Å². The third kappa shape index (κ3) is 5.71. The molecule has 1 heterocycles. The van der Waals surface area contributed by atoms with Crippen LogP contribution in [0.3, 0.4) is 0 Å². The van der Waals surface area contributed by atoms with E-state index < -0.39 is 29.9 Å². The monoisotopic (exact) mass is 409 g/mol. The van der Waals surface area contributed by atoms with Gasteiger partial charge in [-0.15, -0.1) is 0 Å². The first-order valence-corrected chi connectivity index (χ1v) is 8.86. The lowest BCUT2D eigenvalue weighted by Gasteiger charge is -2.26. The molecule has 2 rings (SSSR count). The van der Waals surface area contributed by atoms with E-state index in [-0.39, 0.29) is 31.0 Å². The molecule has 0 saturated heterocycles. The summed E-state index contributed by atoms with van der Waals surface area (Å²) in [7, 11) is 0. The van der Waals surface area contributed by atoms with Crippen molar-refractivity contribution in [1.29, 1.82) is 0 Å². The SMILES string of the molecule is CCOC(=O)C1=C(COC(=O)CNC(=O)c2ccc(Cl)cc2)NC(=O)N[C@@H]1C. The van der Waals surface area contributed by atoms with E-state index in [4.69, 9.17) is 21.1 Å². The zero-order valence-corrected chi connectivity index (χ0v) is 16.1. The van der Waals surface area contributed by atoms with E-state index in [1.54, 1.807) is 26.0 Å². The maximum atomic E-state index is 12.1. The van der Waals surface area contributed by atoms with Crippen LogP contribution in [0.25, 0.3) is 0 Å². The van der Waals surface area contributed by atoms with Gasteiger partial charge in [0, 0.05) is 10.6 Å². The molecule has 1 aromatic rings. The summed E-state index contributed by atoms with van der Waals surface area (Å²) in [6, 6.07) is 5.02. The molecule has 0 fully saturated rings. The fourth-order valence-electron chi connectivity index (χ4n) is 2.45. The predicted molar refractivity (Wildman–Crippen MR) is 99.5 cm³/mol. The Labute approximate surface area is 166 Å². The molecule has 28 heavy (non-hydrogen) atoms. The lowest BCUT2D eigenvalue weighted by Crippen LogP contribution is -2.50. The average molecular weight is 410 g/mol. The zero-order chi connectivity index (χ0) is 20.7. The highest BCUT2D eigenvalue weighted by molar-refractivity contribution is 6.30. The van der Waals surface area contributed by atoms with Gasteiger partial charge in [-0.3, -0.25) is 9.59 Å². The quantitative estimate of drug-likeness (QED) is 0.580. The molecule has 1 aromatic carbocycles. The predicted octanol–water partition coefficient (Wildman–Crippen LogP) is 1.13. The molecule has 0 radical (unpaired) electrons. The zero-order valence-electron chi connectivity index (χ0n) is 15.3. The molecule has 0 saturated carbocycles. The summed E-state index contributed by atoms with van der Waals surface area (Å²) in [5.74, 6) is -1.83. The molecular formula is C18H20ClN3O6. The molecule has 0 aromatic heterocycles. The van der Waals surface area contributed by atoms with Crippen LogP contribution in [-0.4, -0.2) is 49.7 Å². The fraction of sp³-hybridized carbons (Fsp3) is 0.333. The number of rotatable bonds is 7. The number of urea groups is 1. The molecule has 0 unspecified atom stereocenters. The van der Waals surface area contributed by atoms with Crippen molar-refractivity contribution in [3.05, 3.63) is 46.1 Å². The topological polar surface area (TPSA) is 123 Å². The van der Waals surface area contributed by atoms with Crippen molar-refractivity contribution in [2.24, 2.45) is 0 Å². The fourth-order valence-corrected chi connectivity index (χ4v) is 2.58. The van der Waals surface area contributed by atoms with Gasteiger partial charge in [-0.1, -0.05) is 11.6 Å². The highest BCUT2D eigenvalue weighted by Crippen LogP contribution is 2.14. The molecular weight excluding hydrogens is 390 g/mol. The second kappa shape index (κ2) is 9.75. The Bertz CT molecular complexity index is 806. The summed E-state index contributed by atoms with van der Waals surface area (Å²) in [6.45, 7) is 2.69. The van der Waals surface area contributed by atoms with Crippen LogP contribution in [0.1, 0.15) is 24.2 Å². The minimum atomic E-state index is -0.738. The Morgan fingerprint density at radius 1 is 1.18 bits per heavy atom. The number of hydrogen-bond donors (Lipinski definition) is 3. The maximum Gasteiger partial charge on any atom is 0.338 e. The first-order chi connectivity index (χ1) is 13.3. The van der Waals surface area contributed by atoms with E-state index in [2.05, 4.69) is 16.0 Å². The summed E-state index contributed by atoms with van der Waals surface area (Å²) in [6.07, 6.45) is 0. The van der Waals surface area contributed by atoms with Crippen LogP contribution in [0.15, 0.2) is 35.5 Å².